The number of piperidine rings is 1. The van der Waals surface area contributed by atoms with Gasteiger partial charge in [0.25, 0.3) is 11.6 Å². The highest BCUT2D eigenvalue weighted by Crippen LogP contribution is 2.32. The molecule has 0 bridgehead atoms. The van der Waals surface area contributed by atoms with E-state index >= 15 is 0 Å². The summed E-state index contributed by atoms with van der Waals surface area (Å²) >= 11 is 11.9. The van der Waals surface area contributed by atoms with Crippen LogP contribution in [0.3, 0.4) is 0 Å². The molecule has 1 heterocycles. The number of nitrogens with zero attached hydrogens (tertiary/aromatic N) is 2. The molecule has 1 fully saturated rings. The van der Waals surface area contributed by atoms with Crippen LogP contribution in [0, 0.1) is 16.0 Å². The predicted octanol–water partition coefficient (Wildman–Crippen LogP) is 5.07. The number of benzene rings is 2. The second kappa shape index (κ2) is 8.80. The Balaban J connectivity index is 1.76. The largest absolute Gasteiger partial charge is 0.366 e. The zero-order valence-electron chi connectivity index (χ0n) is 15.5. The fourth-order valence-corrected chi connectivity index (χ4v) is 3.74. The second-order valence-corrected chi connectivity index (χ2v) is 7.90. The van der Waals surface area contributed by atoms with E-state index < -0.39 is 4.92 Å². The molecule has 0 spiro atoms. The molecule has 1 atom stereocenters. The Kier molecular flexibility index (Phi) is 6.42. The van der Waals surface area contributed by atoms with Crippen LogP contribution in [0.5, 0.6) is 0 Å². The molecule has 6 nitrogen and oxygen atoms in total. The van der Waals surface area contributed by atoms with Crippen molar-refractivity contribution in [3.05, 3.63) is 67.7 Å². The monoisotopic (exact) mass is 421 g/mol. The maximum atomic E-state index is 12.5. The summed E-state index contributed by atoms with van der Waals surface area (Å²) in [6.45, 7) is 3.95. The lowest BCUT2D eigenvalue weighted by Crippen LogP contribution is -2.34. The van der Waals surface area contributed by atoms with Gasteiger partial charge in [-0.2, -0.15) is 0 Å². The fraction of sp³-hybridized carbons (Fsp3) is 0.350. The van der Waals surface area contributed by atoms with Gasteiger partial charge in [0.05, 0.1) is 15.0 Å². The minimum Gasteiger partial charge on any atom is -0.366 e. The number of nitrogens with one attached hydrogen (secondary N) is 1. The molecular weight excluding hydrogens is 401 g/mol. The summed E-state index contributed by atoms with van der Waals surface area (Å²) in [5.74, 6) is 0.107. The molecule has 0 saturated carbocycles. The molecule has 8 heteroatoms. The quantitative estimate of drug-likeness (QED) is 0.539. The van der Waals surface area contributed by atoms with Crippen LogP contribution in [-0.2, 0) is 6.54 Å². The highest BCUT2D eigenvalue weighted by Gasteiger charge is 2.25. The molecule has 0 aromatic heterocycles. The first-order valence-corrected chi connectivity index (χ1v) is 9.86. The van der Waals surface area contributed by atoms with Crippen LogP contribution in [0.4, 0.5) is 11.4 Å². The van der Waals surface area contributed by atoms with Gasteiger partial charge in [0.2, 0.25) is 0 Å². The van der Waals surface area contributed by atoms with Gasteiger partial charge in [-0.05, 0) is 48.6 Å². The number of rotatable bonds is 5. The van der Waals surface area contributed by atoms with Crippen molar-refractivity contribution in [3.8, 4) is 0 Å². The van der Waals surface area contributed by atoms with E-state index in [1.54, 1.807) is 30.3 Å². The highest BCUT2D eigenvalue weighted by molar-refractivity contribution is 6.42. The molecular formula is C20H21Cl2N3O3. The van der Waals surface area contributed by atoms with Gasteiger partial charge >= 0.3 is 0 Å². The number of carbonyl (C=O) groups excluding carboxylic acids is 1. The minimum absolute atomic E-state index is 0.0451. The third-order valence-electron chi connectivity index (χ3n) is 4.87. The van der Waals surface area contributed by atoms with Crippen molar-refractivity contribution in [2.24, 2.45) is 5.92 Å². The van der Waals surface area contributed by atoms with Crippen molar-refractivity contribution in [1.82, 2.24) is 5.32 Å². The van der Waals surface area contributed by atoms with E-state index in [4.69, 9.17) is 23.2 Å². The molecule has 1 unspecified atom stereocenters. The molecule has 2 aromatic carbocycles. The van der Waals surface area contributed by atoms with Gasteiger partial charge in [-0.15, -0.1) is 0 Å². The molecule has 1 aliphatic heterocycles. The number of halogens is 2. The molecule has 2 aromatic rings. The number of hydrogen-bond acceptors (Lipinski definition) is 4. The van der Waals surface area contributed by atoms with Crippen molar-refractivity contribution in [1.29, 1.82) is 0 Å². The third kappa shape index (κ3) is 4.75. The Bertz CT molecular complexity index is 904. The fourth-order valence-electron chi connectivity index (χ4n) is 3.42. The lowest BCUT2D eigenvalue weighted by atomic mass is 9.99. The van der Waals surface area contributed by atoms with Gasteiger partial charge in [-0.1, -0.05) is 36.2 Å². The Labute approximate surface area is 173 Å². The van der Waals surface area contributed by atoms with E-state index in [0.717, 1.165) is 31.5 Å². The lowest BCUT2D eigenvalue weighted by Gasteiger charge is -2.32. The van der Waals surface area contributed by atoms with Crippen molar-refractivity contribution < 1.29 is 9.72 Å². The Morgan fingerprint density at radius 2 is 2.04 bits per heavy atom. The summed E-state index contributed by atoms with van der Waals surface area (Å²) in [6, 6.07) is 9.74. The van der Waals surface area contributed by atoms with Crippen LogP contribution in [0.1, 0.15) is 35.7 Å². The van der Waals surface area contributed by atoms with Crippen molar-refractivity contribution in [2.45, 2.75) is 26.3 Å². The number of nitro groups is 1. The first kappa shape index (κ1) is 20.4. The molecule has 0 radical (unpaired) electrons. The molecule has 148 valence electrons. The van der Waals surface area contributed by atoms with E-state index in [1.807, 2.05) is 4.90 Å². The van der Waals surface area contributed by atoms with Crippen LogP contribution in [0.15, 0.2) is 36.4 Å². The minimum atomic E-state index is -0.426. The normalized spacial score (nSPS) is 16.7. The van der Waals surface area contributed by atoms with Crippen LogP contribution < -0.4 is 10.2 Å². The van der Waals surface area contributed by atoms with Crippen molar-refractivity contribution in [3.63, 3.8) is 0 Å². The summed E-state index contributed by atoms with van der Waals surface area (Å²) in [5, 5.41) is 15.2. The van der Waals surface area contributed by atoms with Gasteiger partial charge < -0.3 is 10.2 Å². The number of amides is 1. The van der Waals surface area contributed by atoms with Crippen molar-refractivity contribution >= 4 is 40.5 Å². The number of anilines is 1. The Morgan fingerprint density at radius 1 is 1.25 bits per heavy atom. The first-order chi connectivity index (χ1) is 13.3. The molecule has 1 aliphatic rings. The number of nitro benzene ring substituents is 1. The smallest absolute Gasteiger partial charge is 0.293 e. The Hall–Kier alpha value is -2.31. The van der Waals surface area contributed by atoms with Gasteiger partial charge in [0.15, 0.2) is 0 Å². The summed E-state index contributed by atoms with van der Waals surface area (Å²) in [6.07, 6.45) is 2.13. The molecule has 28 heavy (non-hydrogen) atoms. The number of carbonyl (C=O) groups is 1. The van der Waals surface area contributed by atoms with Gasteiger partial charge in [-0.3, -0.25) is 14.9 Å². The highest BCUT2D eigenvalue weighted by atomic mass is 35.5. The summed E-state index contributed by atoms with van der Waals surface area (Å²) < 4.78 is 0. The van der Waals surface area contributed by atoms with Gasteiger partial charge in [-0.25, -0.2) is 0 Å². The maximum absolute atomic E-state index is 12.5. The first-order valence-electron chi connectivity index (χ1n) is 9.10. The molecule has 3 rings (SSSR count). The van der Waals surface area contributed by atoms with Crippen LogP contribution in [0.2, 0.25) is 10.0 Å². The zero-order valence-corrected chi connectivity index (χ0v) is 17.0. The van der Waals surface area contributed by atoms with Gasteiger partial charge in [0.1, 0.15) is 5.69 Å². The van der Waals surface area contributed by atoms with E-state index in [2.05, 4.69) is 12.2 Å². The van der Waals surface area contributed by atoms with E-state index in [-0.39, 0.29) is 23.7 Å². The van der Waals surface area contributed by atoms with Crippen LogP contribution >= 0.6 is 23.2 Å². The molecule has 0 aliphatic carbocycles. The van der Waals surface area contributed by atoms with E-state index in [9.17, 15) is 14.9 Å². The third-order valence-corrected chi connectivity index (χ3v) is 5.61. The SMILES string of the molecule is CC1CCCN(c2ccc(C(=O)NCc3ccc(Cl)c(Cl)c3)cc2[N+](=O)[O-])C1. The summed E-state index contributed by atoms with van der Waals surface area (Å²) in [4.78, 5) is 25.7. The predicted molar refractivity (Wildman–Crippen MR) is 111 cm³/mol. The average molecular weight is 422 g/mol. The second-order valence-electron chi connectivity index (χ2n) is 7.09. The standard InChI is InChI=1S/C20H21Cl2N3O3/c1-13-3-2-8-24(12-13)18-7-5-15(10-19(18)25(27)28)20(26)23-11-14-4-6-16(21)17(22)9-14/h4-7,9-10,13H,2-3,8,11-12H2,1H3,(H,23,26). The van der Waals surface area contributed by atoms with Crippen LogP contribution in [-0.4, -0.2) is 23.9 Å². The molecule has 1 amide bonds. The lowest BCUT2D eigenvalue weighted by molar-refractivity contribution is -0.384. The van der Waals surface area contributed by atoms with Gasteiger partial charge in [0, 0.05) is 31.3 Å². The number of hydrogen-bond donors (Lipinski definition) is 1. The van der Waals surface area contributed by atoms with E-state index in [0.29, 0.717) is 21.7 Å². The molecule has 1 N–H and O–H groups in total. The van der Waals surface area contributed by atoms with Crippen molar-refractivity contribution in [2.75, 3.05) is 18.0 Å². The average Bonchev–Trinajstić information content (AvgIpc) is 2.68. The van der Waals surface area contributed by atoms with Crippen LogP contribution in [0.25, 0.3) is 0 Å². The topological polar surface area (TPSA) is 75.5 Å². The van der Waals surface area contributed by atoms with E-state index in [1.165, 1.54) is 6.07 Å². The summed E-state index contributed by atoms with van der Waals surface area (Å²) in [5.41, 5.74) is 1.56. The Morgan fingerprint density at radius 3 is 2.71 bits per heavy atom. The molecule has 1 saturated heterocycles. The maximum Gasteiger partial charge on any atom is 0.293 e. The summed E-state index contributed by atoms with van der Waals surface area (Å²) in [7, 11) is 0. The zero-order chi connectivity index (χ0) is 20.3.